The molecule has 0 aliphatic heterocycles. The van der Waals surface area contributed by atoms with E-state index < -0.39 is 11.5 Å². The number of aliphatic hydroxyl groups excluding tert-OH is 1. The fourth-order valence-corrected chi connectivity index (χ4v) is 1.52. The van der Waals surface area contributed by atoms with E-state index in [2.05, 4.69) is 5.32 Å². The molecule has 1 saturated carbocycles. The number of likely N-dealkylation sites (N-methyl/N-ethyl adjacent to an activating group) is 1. The normalized spacial score (nSPS) is 36.0. The molecular weight excluding hydrogens is 152 g/mol. The van der Waals surface area contributed by atoms with Gasteiger partial charge in [-0.15, -0.1) is 0 Å². The number of halogens is 2. The van der Waals surface area contributed by atoms with Gasteiger partial charge in [-0.3, -0.25) is 0 Å². The Labute approximate surface area is 64.6 Å². The molecule has 0 spiro atoms. The van der Waals surface area contributed by atoms with Gasteiger partial charge in [0.25, 0.3) is 0 Å². The van der Waals surface area contributed by atoms with Crippen molar-refractivity contribution in [2.45, 2.75) is 30.7 Å². The maximum atomic E-state index is 12.7. The molecule has 0 aromatic rings. The average Bonchev–Trinajstić information content (AvgIpc) is 2.28. The van der Waals surface area contributed by atoms with Crippen LogP contribution in [-0.2, 0) is 0 Å². The lowest BCUT2D eigenvalue weighted by Gasteiger charge is -2.25. The number of nitrogens with one attached hydrogen (secondary N) is 1. The summed E-state index contributed by atoms with van der Waals surface area (Å²) in [5, 5.41) is 11.6. The van der Waals surface area contributed by atoms with E-state index in [0.29, 0.717) is 6.42 Å². The predicted octanol–water partition coefficient (Wildman–Crippen LogP) is 0.756. The molecule has 4 heteroatoms. The molecule has 0 aromatic heterocycles. The molecule has 2 N–H and O–H groups in total. The second-order valence-electron chi connectivity index (χ2n) is 3.22. The number of aliphatic hydroxyl groups is 1. The summed E-state index contributed by atoms with van der Waals surface area (Å²) in [7, 11) is 1.61. The van der Waals surface area contributed by atoms with Gasteiger partial charge in [0.05, 0.1) is 6.61 Å². The minimum atomic E-state index is -2.59. The molecule has 0 heterocycles. The molecule has 1 aliphatic rings. The molecule has 1 rings (SSSR count). The van der Waals surface area contributed by atoms with Crippen LogP contribution in [0.4, 0.5) is 8.78 Å². The SMILES string of the molecule is CNC1(CO)CCC(F)(F)C1. The highest BCUT2D eigenvalue weighted by Crippen LogP contribution is 2.40. The fraction of sp³-hybridized carbons (Fsp3) is 1.00. The third-order valence-corrected chi connectivity index (χ3v) is 2.40. The highest BCUT2D eigenvalue weighted by molar-refractivity contribution is 4.98. The van der Waals surface area contributed by atoms with Gasteiger partial charge in [-0.2, -0.15) is 0 Å². The minimum Gasteiger partial charge on any atom is -0.394 e. The van der Waals surface area contributed by atoms with Crippen molar-refractivity contribution < 1.29 is 13.9 Å². The molecule has 1 unspecified atom stereocenters. The molecule has 1 atom stereocenters. The average molecular weight is 165 g/mol. The van der Waals surface area contributed by atoms with E-state index in [1.54, 1.807) is 7.05 Å². The van der Waals surface area contributed by atoms with Crippen molar-refractivity contribution in [2.24, 2.45) is 0 Å². The van der Waals surface area contributed by atoms with E-state index in [1.165, 1.54) is 0 Å². The standard InChI is InChI=1S/C7H13F2NO/c1-10-6(5-11)2-3-7(8,9)4-6/h10-11H,2-5H2,1H3. The van der Waals surface area contributed by atoms with Gasteiger partial charge in [-0.25, -0.2) is 8.78 Å². The van der Waals surface area contributed by atoms with Crippen molar-refractivity contribution in [3.63, 3.8) is 0 Å². The Balaban J connectivity index is 2.62. The third kappa shape index (κ3) is 1.68. The van der Waals surface area contributed by atoms with Crippen LogP contribution in [0.15, 0.2) is 0 Å². The molecule has 2 nitrogen and oxygen atoms in total. The van der Waals surface area contributed by atoms with Gasteiger partial charge >= 0.3 is 0 Å². The number of rotatable bonds is 2. The number of alkyl halides is 2. The summed E-state index contributed by atoms with van der Waals surface area (Å²) >= 11 is 0. The van der Waals surface area contributed by atoms with Crippen LogP contribution in [-0.4, -0.2) is 30.2 Å². The largest absolute Gasteiger partial charge is 0.394 e. The first-order chi connectivity index (χ1) is 5.04. The van der Waals surface area contributed by atoms with Gasteiger partial charge in [0.1, 0.15) is 0 Å². The molecular formula is C7H13F2NO. The van der Waals surface area contributed by atoms with Crippen molar-refractivity contribution >= 4 is 0 Å². The van der Waals surface area contributed by atoms with Gasteiger partial charge < -0.3 is 10.4 Å². The van der Waals surface area contributed by atoms with Crippen LogP contribution >= 0.6 is 0 Å². The van der Waals surface area contributed by atoms with Crippen LogP contribution in [0.3, 0.4) is 0 Å². The first kappa shape index (κ1) is 8.87. The Kier molecular flexibility index (Phi) is 2.16. The highest BCUT2D eigenvalue weighted by Gasteiger charge is 2.48. The van der Waals surface area contributed by atoms with Gasteiger partial charge in [-0.1, -0.05) is 0 Å². The minimum absolute atomic E-state index is 0.117. The molecule has 0 radical (unpaired) electrons. The van der Waals surface area contributed by atoms with Crippen LogP contribution < -0.4 is 5.32 Å². The highest BCUT2D eigenvalue weighted by atomic mass is 19.3. The Bertz CT molecular complexity index is 145. The van der Waals surface area contributed by atoms with E-state index in [9.17, 15) is 8.78 Å². The summed E-state index contributed by atoms with van der Waals surface area (Å²) in [6.45, 7) is -0.209. The van der Waals surface area contributed by atoms with Crippen LogP contribution in [0.2, 0.25) is 0 Å². The van der Waals surface area contributed by atoms with Gasteiger partial charge in [0.2, 0.25) is 5.92 Å². The smallest absolute Gasteiger partial charge is 0.250 e. The van der Waals surface area contributed by atoms with Gasteiger partial charge in [-0.05, 0) is 13.5 Å². The van der Waals surface area contributed by atoms with E-state index in [1.807, 2.05) is 0 Å². The molecule has 1 aliphatic carbocycles. The molecule has 11 heavy (non-hydrogen) atoms. The van der Waals surface area contributed by atoms with Crippen molar-refractivity contribution in [3.05, 3.63) is 0 Å². The summed E-state index contributed by atoms with van der Waals surface area (Å²) in [6, 6.07) is 0. The van der Waals surface area contributed by atoms with Crippen molar-refractivity contribution in [1.29, 1.82) is 0 Å². The Morgan fingerprint density at radius 3 is 2.27 bits per heavy atom. The zero-order chi connectivity index (χ0) is 8.54. The first-order valence-electron chi connectivity index (χ1n) is 3.71. The Hall–Kier alpha value is -0.220. The maximum Gasteiger partial charge on any atom is 0.250 e. The lowest BCUT2D eigenvalue weighted by Crippen LogP contribution is -2.44. The lowest BCUT2D eigenvalue weighted by atomic mass is 9.99. The Morgan fingerprint density at radius 1 is 1.45 bits per heavy atom. The predicted molar refractivity (Wildman–Crippen MR) is 37.7 cm³/mol. The van der Waals surface area contributed by atoms with Crippen LogP contribution in [0.1, 0.15) is 19.3 Å². The topological polar surface area (TPSA) is 32.3 Å². The maximum absolute atomic E-state index is 12.7. The van der Waals surface area contributed by atoms with E-state index in [-0.39, 0.29) is 19.4 Å². The second kappa shape index (κ2) is 2.68. The van der Waals surface area contributed by atoms with Gasteiger partial charge in [0.15, 0.2) is 0 Å². The zero-order valence-electron chi connectivity index (χ0n) is 6.53. The number of hydrogen-bond acceptors (Lipinski definition) is 2. The van der Waals surface area contributed by atoms with Crippen LogP contribution in [0.25, 0.3) is 0 Å². The summed E-state index contributed by atoms with van der Waals surface area (Å²) < 4.78 is 25.3. The number of hydrogen-bond donors (Lipinski definition) is 2. The molecule has 66 valence electrons. The third-order valence-electron chi connectivity index (χ3n) is 2.40. The van der Waals surface area contributed by atoms with Crippen molar-refractivity contribution in [2.75, 3.05) is 13.7 Å². The summed E-state index contributed by atoms with van der Waals surface area (Å²) in [6.07, 6.45) is -0.00556. The van der Waals surface area contributed by atoms with Crippen LogP contribution in [0, 0.1) is 0 Å². The van der Waals surface area contributed by atoms with E-state index >= 15 is 0 Å². The second-order valence-corrected chi connectivity index (χ2v) is 3.22. The Morgan fingerprint density at radius 2 is 2.09 bits per heavy atom. The van der Waals surface area contributed by atoms with Crippen LogP contribution in [0.5, 0.6) is 0 Å². The zero-order valence-corrected chi connectivity index (χ0v) is 6.53. The summed E-state index contributed by atoms with van der Waals surface area (Å²) in [5.74, 6) is -2.59. The molecule has 0 bridgehead atoms. The molecule has 1 fully saturated rings. The lowest BCUT2D eigenvalue weighted by molar-refractivity contribution is -0.00338. The van der Waals surface area contributed by atoms with Crippen molar-refractivity contribution in [1.82, 2.24) is 5.32 Å². The van der Waals surface area contributed by atoms with E-state index in [4.69, 9.17) is 5.11 Å². The molecule has 0 saturated heterocycles. The van der Waals surface area contributed by atoms with Crippen molar-refractivity contribution in [3.8, 4) is 0 Å². The summed E-state index contributed by atoms with van der Waals surface area (Å²) in [5.41, 5.74) is -0.733. The molecule has 0 amide bonds. The fourth-order valence-electron chi connectivity index (χ4n) is 1.52. The monoisotopic (exact) mass is 165 g/mol. The van der Waals surface area contributed by atoms with Gasteiger partial charge in [0, 0.05) is 18.4 Å². The van der Waals surface area contributed by atoms with E-state index in [0.717, 1.165) is 0 Å². The summed E-state index contributed by atoms with van der Waals surface area (Å²) in [4.78, 5) is 0. The quantitative estimate of drug-likeness (QED) is 0.633. The molecule has 0 aromatic carbocycles. The first-order valence-corrected chi connectivity index (χ1v) is 3.71.